The molecule has 2 aliphatic rings. The fourth-order valence-corrected chi connectivity index (χ4v) is 10.4. The van der Waals surface area contributed by atoms with E-state index in [0.717, 1.165) is 47.9 Å². The van der Waals surface area contributed by atoms with Crippen molar-refractivity contribution in [3.8, 4) is 5.75 Å². The van der Waals surface area contributed by atoms with Gasteiger partial charge < -0.3 is 52.6 Å². The average molecular weight is 1070 g/mol. The van der Waals surface area contributed by atoms with Gasteiger partial charge >= 0.3 is 6.97 Å². The summed E-state index contributed by atoms with van der Waals surface area (Å²) in [5.74, 6) is -2.56. The number of nitrogens with zero attached hydrogens (tertiary/aromatic N) is 4. The number of nitrogens with one attached hydrogen (secondary N) is 2. The van der Waals surface area contributed by atoms with Crippen molar-refractivity contribution in [2.75, 3.05) is 39.5 Å². The van der Waals surface area contributed by atoms with Gasteiger partial charge in [-0.3, -0.25) is 19.2 Å². The van der Waals surface area contributed by atoms with Crippen molar-refractivity contribution in [3.05, 3.63) is 248 Å². The van der Waals surface area contributed by atoms with E-state index in [4.69, 9.17) is 9.47 Å². The number of phenols is 1. The first-order valence-corrected chi connectivity index (χ1v) is 26.4. The maximum Gasteiger partial charge on any atom is 0.737 e. The lowest BCUT2D eigenvalue weighted by molar-refractivity contribution is -0.363. The van der Waals surface area contributed by atoms with Gasteiger partial charge in [-0.05, 0) is 90.2 Å². The Balaban J connectivity index is 0.817. The van der Waals surface area contributed by atoms with Crippen molar-refractivity contribution < 1.29 is 46.9 Å². The van der Waals surface area contributed by atoms with Gasteiger partial charge in [0.05, 0.1) is 43.1 Å². The number of benzene rings is 6. The van der Waals surface area contributed by atoms with Crippen molar-refractivity contribution in [1.82, 2.24) is 24.9 Å². The minimum atomic E-state index is -4.10. The van der Waals surface area contributed by atoms with Gasteiger partial charge in [0.2, 0.25) is 0 Å². The summed E-state index contributed by atoms with van der Waals surface area (Å²) in [5.41, 5.74) is 8.24. The van der Waals surface area contributed by atoms with Crippen LogP contribution in [0.15, 0.2) is 181 Å². The summed E-state index contributed by atoms with van der Waals surface area (Å²) in [6, 6.07) is 49.2. The lowest BCUT2D eigenvalue weighted by Gasteiger charge is -2.34. The number of amides is 4. The van der Waals surface area contributed by atoms with Crippen molar-refractivity contribution in [3.63, 3.8) is 0 Å². The highest BCUT2D eigenvalue weighted by Gasteiger charge is 2.55. The van der Waals surface area contributed by atoms with Gasteiger partial charge in [-0.1, -0.05) is 133 Å². The molecule has 0 atom stereocenters. The van der Waals surface area contributed by atoms with Crippen LogP contribution in [0.2, 0.25) is 0 Å². The number of aromatic hydroxyl groups is 1. The number of allylic oxidation sites excluding steroid dienone is 2. The SMILES string of the molecule is CC1=CC(C)=[N+]2C1=C(c1ccc(C(=O)NCCOCCOCCNC(=O)c3cc(C(=O)N(Cc4ccccc4)Cc4ccccc4)c(O)c(C(=O)N(Cc4ccccc4)Cc4ccccc4)c3)cc1)c1c(C)cc(C)n1[B-]2(F)F. The highest BCUT2D eigenvalue weighted by atomic mass is 19.2. The first kappa shape index (κ1) is 55.0. The normalized spacial score (nSPS) is 13.4. The Kier molecular flexibility index (Phi) is 17.2. The van der Waals surface area contributed by atoms with E-state index in [1.807, 2.05) is 135 Å². The van der Waals surface area contributed by atoms with Gasteiger partial charge in [0.1, 0.15) is 11.5 Å². The number of hydrogen-bond acceptors (Lipinski definition) is 7. The second-order valence-corrected chi connectivity index (χ2v) is 19.8. The Morgan fingerprint density at radius 1 is 0.570 bits per heavy atom. The second-order valence-electron chi connectivity index (χ2n) is 19.8. The fraction of sp³-hybridized carbons (Fsp3) is 0.222. The first-order chi connectivity index (χ1) is 38.2. The van der Waals surface area contributed by atoms with Crippen LogP contribution in [-0.2, 0) is 35.7 Å². The monoisotopic (exact) mass is 1060 g/mol. The van der Waals surface area contributed by atoms with E-state index in [2.05, 4.69) is 10.6 Å². The van der Waals surface area contributed by atoms with Crippen molar-refractivity contribution in [2.24, 2.45) is 0 Å². The summed E-state index contributed by atoms with van der Waals surface area (Å²) in [5, 5.41) is 17.7. The van der Waals surface area contributed by atoms with E-state index in [-0.39, 0.29) is 88.3 Å². The molecule has 3 heterocycles. The van der Waals surface area contributed by atoms with E-state index in [9.17, 15) is 24.3 Å². The Hall–Kier alpha value is -8.73. The number of aromatic nitrogens is 1. The summed E-state index contributed by atoms with van der Waals surface area (Å²) >= 11 is 0. The zero-order valence-electron chi connectivity index (χ0n) is 44.8. The number of aryl methyl sites for hydroxylation is 2. The topological polar surface area (TPSA) is 145 Å². The van der Waals surface area contributed by atoms with Gasteiger partial charge in [0.15, 0.2) is 5.70 Å². The van der Waals surface area contributed by atoms with Crippen molar-refractivity contribution in [1.29, 1.82) is 0 Å². The summed E-state index contributed by atoms with van der Waals surface area (Å²) in [6.07, 6.45) is 1.78. The van der Waals surface area contributed by atoms with E-state index in [1.54, 1.807) is 60.1 Å². The minimum absolute atomic E-state index is 0.00203. The van der Waals surface area contributed by atoms with E-state index in [0.29, 0.717) is 33.9 Å². The standard InChI is InChI=1S/C63H63BF2N6O7/c1-43-35-45(3)71-57(43)56(58-44(2)36-46(4)72(58)64(71,65)66)51-25-27-52(28-26-51)60(74)67-29-31-78-33-34-79-32-30-68-61(75)53-37-54(62(76)69(39-47-17-9-5-10-18-47)40-48-19-11-6-12-20-48)59(73)55(38-53)63(77)70(41-49-21-13-7-14-22-49)42-50-23-15-8-16-24-50/h5-28,35-38,73H,29-34,39-42H2,1-4H3,(H,67,74)(H,68,75). The average Bonchev–Trinajstić information content (AvgIpc) is 4.10. The highest BCUT2D eigenvalue weighted by Crippen LogP contribution is 2.44. The minimum Gasteiger partial charge on any atom is -0.506 e. The number of fused-ring (bicyclic) bond motifs is 2. The Labute approximate surface area is 459 Å². The van der Waals surface area contributed by atoms with Crippen LogP contribution in [-0.4, -0.2) is 99.7 Å². The van der Waals surface area contributed by atoms with Crippen LogP contribution in [0.5, 0.6) is 5.75 Å². The molecule has 0 radical (unpaired) electrons. The number of ether oxygens (including phenoxy) is 2. The molecule has 9 rings (SSSR count). The summed E-state index contributed by atoms with van der Waals surface area (Å²) < 4.78 is 45.9. The quantitative estimate of drug-likeness (QED) is 0.0453. The number of halogens is 2. The van der Waals surface area contributed by atoms with Gasteiger partial charge in [-0.15, -0.1) is 0 Å². The summed E-state index contributed by atoms with van der Waals surface area (Å²) in [7, 11) is 0. The first-order valence-electron chi connectivity index (χ1n) is 26.4. The summed E-state index contributed by atoms with van der Waals surface area (Å²) in [4.78, 5) is 59.9. The second kappa shape index (κ2) is 24.7. The van der Waals surface area contributed by atoms with Gasteiger partial charge in [0.25, 0.3) is 23.6 Å². The van der Waals surface area contributed by atoms with Crippen molar-refractivity contribution >= 4 is 41.9 Å². The predicted octanol–water partition coefficient (Wildman–Crippen LogP) is 10.1. The van der Waals surface area contributed by atoms with E-state index < -0.39 is 30.4 Å². The zero-order chi connectivity index (χ0) is 55.6. The van der Waals surface area contributed by atoms with Crippen molar-refractivity contribution in [2.45, 2.75) is 53.9 Å². The van der Waals surface area contributed by atoms with Crippen LogP contribution >= 0.6 is 0 Å². The Bertz CT molecular complexity index is 3260. The van der Waals surface area contributed by atoms with E-state index in [1.165, 1.54) is 12.1 Å². The largest absolute Gasteiger partial charge is 0.737 e. The zero-order valence-corrected chi connectivity index (χ0v) is 44.8. The molecule has 0 saturated heterocycles. The molecule has 1 aromatic heterocycles. The number of carbonyl (C=O) groups excluding carboxylic acids is 4. The molecule has 6 aromatic carbocycles. The molecule has 404 valence electrons. The molecule has 3 N–H and O–H groups in total. The molecular weight excluding hydrogens is 1000 g/mol. The Morgan fingerprint density at radius 2 is 0.987 bits per heavy atom. The number of rotatable bonds is 22. The van der Waals surface area contributed by atoms with Crippen LogP contribution in [0.3, 0.4) is 0 Å². The lowest BCUT2D eigenvalue weighted by Crippen LogP contribution is -2.51. The molecule has 0 spiro atoms. The molecule has 13 nitrogen and oxygen atoms in total. The number of hydrogen-bond donors (Lipinski definition) is 3. The van der Waals surface area contributed by atoms with Crippen LogP contribution in [0.1, 0.15) is 100 Å². The molecule has 0 unspecified atom stereocenters. The molecule has 7 aromatic rings. The molecule has 0 saturated carbocycles. The third-order valence-corrected chi connectivity index (χ3v) is 14.1. The smallest absolute Gasteiger partial charge is 0.506 e. The number of carbonyl (C=O) groups is 4. The van der Waals surface area contributed by atoms with Gasteiger partial charge in [0, 0.05) is 74.7 Å². The predicted molar refractivity (Wildman–Crippen MR) is 302 cm³/mol. The Morgan fingerprint density at radius 3 is 1.42 bits per heavy atom. The van der Waals surface area contributed by atoms with Crippen LogP contribution in [0.4, 0.5) is 8.63 Å². The molecule has 4 amide bonds. The van der Waals surface area contributed by atoms with Crippen LogP contribution in [0, 0.1) is 13.8 Å². The molecule has 16 heteroatoms. The van der Waals surface area contributed by atoms with E-state index >= 15 is 8.63 Å². The van der Waals surface area contributed by atoms with Crippen LogP contribution in [0.25, 0.3) is 5.57 Å². The fourth-order valence-electron chi connectivity index (χ4n) is 10.4. The maximum absolute atomic E-state index is 16.1. The molecule has 79 heavy (non-hydrogen) atoms. The lowest BCUT2D eigenvalue weighted by atomic mass is 9.83. The highest BCUT2D eigenvalue weighted by molar-refractivity contribution is 6.58. The maximum atomic E-state index is 16.1. The third-order valence-electron chi connectivity index (χ3n) is 14.1. The molecule has 0 fully saturated rings. The third kappa shape index (κ3) is 12.5. The summed E-state index contributed by atoms with van der Waals surface area (Å²) in [6.45, 7) is 4.73. The molecular formula is C63H63BF2N6O7. The van der Waals surface area contributed by atoms with Gasteiger partial charge in [-0.2, -0.15) is 0 Å². The molecule has 0 aliphatic carbocycles. The van der Waals surface area contributed by atoms with Gasteiger partial charge in [-0.25, -0.2) is 0 Å². The molecule has 0 bridgehead atoms. The molecule has 2 aliphatic heterocycles. The number of phenolic OH excluding ortho intramolecular Hbond substituents is 1. The van der Waals surface area contributed by atoms with Crippen LogP contribution < -0.4 is 10.6 Å².